The van der Waals surface area contributed by atoms with Crippen LogP contribution in [0.25, 0.3) is 0 Å². The Bertz CT molecular complexity index is 1110. The van der Waals surface area contributed by atoms with Crippen LogP contribution in [-0.4, -0.2) is 49.0 Å². The second kappa shape index (κ2) is 10.5. The molecule has 0 spiro atoms. The molecule has 0 radical (unpaired) electrons. The number of piperazine rings is 1. The molecule has 2 heterocycles. The van der Waals surface area contributed by atoms with Crippen molar-refractivity contribution in [3.05, 3.63) is 74.9 Å². The first kappa shape index (κ1) is 23.4. The van der Waals surface area contributed by atoms with E-state index in [1.54, 1.807) is 25.1 Å². The Hall–Kier alpha value is -2.74. The minimum atomic E-state index is -0.739. The lowest BCUT2D eigenvalue weighted by atomic mass is 10.2. The number of hydrogen-bond acceptors (Lipinski definition) is 5. The molecule has 0 aliphatic carbocycles. The van der Waals surface area contributed by atoms with Gasteiger partial charge in [0.05, 0.1) is 9.90 Å². The minimum absolute atomic E-state index is 0.0962. The number of nitrogens with zero attached hydrogens (tertiary/aromatic N) is 2. The zero-order valence-corrected chi connectivity index (χ0v) is 20.3. The van der Waals surface area contributed by atoms with E-state index in [2.05, 4.69) is 10.2 Å². The van der Waals surface area contributed by atoms with E-state index < -0.39 is 6.10 Å². The van der Waals surface area contributed by atoms with E-state index in [1.807, 2.05) is 46.7 Å². The number of anilines is 2. The highest BCUT2D eigenvalue weighted by molar-refractivity contribution is 7.12. The second-order valence-corrected chi connectivity index (χ2v) is 9.42. The highest BCUT2D eigenvalue weighted by Crippen LogP contribution is 2.28. The maximum atomic E-state index is 12.5. The average molecular weight is 504 g/mol. The van der Waals surface area contributed by atoms with Gasteiger partial charge in [-0.1, -0.05) is 29.3 Å². The summed E-state index contributed by atoms with van der Waals surface area (Å²) in [5.41, 5.74) is 1.72. The lowest BCUT2D eigenvalue weighted by Crippen LogP contribution is -2.48. The summed E-state index contributed by atoms with van der Waals surface area (Å²) in [5, 5.41) is 5.63. The first-order chi connectivity index (χ1) is 15.9. The van der Waals surface area contributed by atoms with Crippen LogP contribution in [-0.2, 0) is 4.79 Å². The van der Waals surface area contributed by atoms with Gasteiger partial charge in [0.1, 0.15) is 5.75 Å². The van der Waals surface area contributed by atoms with Gasteiger partial charge in [-0.15, -0.1) is 11.3 Å². The largest absolute Gasteiger partial charge is 0.479 e. The Morgan fingerprint density at radius 2 is 1.76 bits per heavy atom. The van der Waals surface area contributed by atoms with Gasteiger partial charge in [-0.05, 0) is 60.8 Å². The number of nitrogens with one attached hydrogen (secondary N) is 1. The minimum Gasteiger partial charge on any atom is -0.479 e. The van der Waals surface area contributed by atoms with Gasteiger partial charge in [0, 0.05) is 42.6 Å². The molecule has 1 aliphatic heterocycles. The summed E-state index contributed by atoms with van der Waals surface area (Å²) in [6.07, 6.45) is -0.739. The molecule has 1 aromatic heterocycles. The number of amides is 2. The number of carbonyl (C=O) groups excluding carboxylic acids is 2. The van der Waals surface area contributed by atoms with Crippen molar-refractivity contribution >= 4 is 57.7 Å². The van der Waals surface area contributed by atoms with Crippen LogP contribution >= 0.6 is 34.5 Å². The van der Waals surface area contributed by atoms with Crippen LogP contribution in [0.1, 0.15) is 16.6 Å². The van der Waals surface area contributed by atoms with Crippen molar-refractivity contribution < 1.29 is 14.3 Å². The van der Waals surface area contributed by atoms with Crippen molar-refractivity contribution in [1.82, 2.24) is 4.90 Å². The van der Waals surface area contributed by atoms with Crippen LogP contribution in [0.3, 0.4) is 0 Å². The van der Waals surface area contributed by atoms with Gasteiger partial charge < -0.3 is 19.9 Å². The molecule has 1 aliphatic rings. The molecule has 9 heteroatoms. The molecule has 172 valence electrons. The van der Waals surface area contributed by atoms with Crippen LogP contribution < -0.4 is 15.0 Å². The van der Waals surface area contributed by atoms with Crippen molar-refractivity contribution in [2.24, 2.45) is 0 Å². The molecule has 1 saturated heterocycles. The molecule has 33 heavy (non-hydrogen) atoms. The van der Waals surface area contributed by atoms with Crippen LogP contribution in [0, 0.1) is 0 Å². The van der Waals surface area contributed by atoms with Gasteiger partial charge in [0.25, 0.3) is 11.8 Å². The third-order valence-corrected chi connectivity index (χ3v) is 6.75. The fourth-order valence-electron chi connectivity index (χ4n) is 3.54. The van der Waals surface area contributed by atoms with Crippen LogP contribution in [0.15, 0.2) is 60.0 Å². The number of halogens is 2. The summed E-state index contributed by atoms with van der Waals surface area (Å²) in [5.74, 6) is 0.212. The molecule has 4 rings (SSSR count). The molecule has 0 unspecified atom stereocenters. The molecule has 1 fully saturated rings. The number of ether oxygens (including phenoxy) is 1. The van der Waals surface area contributed by atoms with Crippen molar-refractivity contribution in [3.63, 3.8) is 0 Å². The Kier molecular flexibility index (Phi) is 7.42. The fourth-order valence-corrected chi connectivity index (χ4v) is 4.68. The summed E-state index contributed by atoms with van der Waals surface area (Å²) in [6.45, 7) is 4.53. The number of thiophene rings is 1. The first-order valence-electron chi connectivity index (χ1n) is 10.5. The van der Waals surface area contributed by atoms with Gasteiger partial charge in [0.2, 0.25) is 0 Å². The molecular formula is C24H23Cl2N3O3S. The van der Waals surface area contributed by atoms with Crippen LogP contribution in [0.5, 0.6) is 5.75 Å². The van der Waals surface area contributed by atoms with Crippen LogP contribution in [0.4, 0.5) is 11.4 Å². The lowest BCUT2D eigenvalue weighted by molar-refractivity contribution is -0.122. The van der Waals surface area contributed by atoms with E-state index in [-0.39, 0.29) is 11.8 Å². The highest BCUT2D eigenvalue weighted by Gasteiger charge is 2.23. The lowest BCUT2D eigenvalue weighted by Gasteiger charge is -2.36. The Morgan fingerprint density at radius 1 is 1.03 bits per heavy atom. The molecule has 2 amide bonds. The Labute approximate surface area is 206 Å². The maximum absolute atomic E-state index is 12.5. The third kappa shape index (κ3) is 5.79. The summed E-state index contributed by atoms with van der Waals surface area (Å²) in [4.78, 5) is 29.9. The van der Waals surface area contributed by atoms with Crippen molar-refractivity contribution in [2.45, 2.75) is 13.0 Å². The second-order valence-electron chi connectivity index (χ2n) is 7.63. The van der Waals surface area contributed by atoms with E-state index in [4.69, 9.17) is 27.9 Å². The highest BCUT2D eigenvalue weighted by atomic mass is 35.5. The Balaban J connectivity index is 1.29. The quantitative estimate of drug-likeness (QED) is 0.487. The fraction of sp³-hybridized carbons (Fsp3) is 0.250. The molecule has 1 atom stereocenters. The first-order valence-corrected chi connectivity index (χ1v) is 12.1. The van der Waals surface area contributed by atoms with E-state index in [0.717, 1.165) is 23.7 Å². The van der Waals surface area contributed by atoms with E-state index in [0.29, 0.717) is 34.6 Å². The maximum Gasteiger partial charge on any atom is 0.265 e. The molecule has 0 bridgehead atoms. The summed E-state index contributed by atoms with van der Waals surface area (Å²) in [6, 6.07) is 16.3. The number of hydrogen-bond donors (Lipinski definition) is 1. The van der Waals surface area contributed by atoms with Gasteiger partial charge >= 0.3 is 0 Å². The standard InChI is InChI=1S/C24H23Cl2N3O3S/c1-16(32-21-9-4-17(25)15-20(21)26)23(30)27-18-5-7-19(8-6-18)28-10-12-29(13-11-28)24(31)22-3-2-14-33-22/h2-9,14-16H,10-13H2,1H3,(H,27,30)/t16-/m0/s1. The smallest absolute Gasteiger partial charge is 0.265 e. The average Bonchev–Trinajstić information content (AvgIpc) is 3.36. The molecule has 2 aromatic carbocycles. The van der Waals surface area contributed by atoms with Gasteiger partial charge in [-0.25, -0.2) is 0 Å². The van der Waals surface area contributed by atoms with E-state index in [1.165, 1.54) is 11.3 Å². The molecule has 3 aromatic rings. The zero-order valence-electron chi connectivity index (χ0n) is 18.0. The van der Waals surface area contributed by atoms with E-state index >= 15 is 0 Å². The van der Waals surface area contributed by atoms with Crippen molar-refractivity contribution in [2.75, 3.05) is 36.4 Å². The summed E-state index contributed by atoms with van der Waals surface area (Å²) < 4.78 is 5.67. The summed E-state index contributed by atoms with van der Waals surface area (Å²) in [7, 11) is 0. The Morgan fingerprint density at radius 3 is 2.39 bits per heavy atom. The molecule has 6 nitrogen and oxygen atoms in total. The monoisotopic (exact) mass is 503 g/mol. The molecule has 1 N–H and O–H groups in total. The van der Waals surface area contributed by atoms with Crippen molar-refractivity contribution in [1.29, 1.82) is 0 Å². The normalized spacial score (nSPS) is 14.6. The van der Waals surface area contributed by atoms with Crippen LogP contribution in [0.2, 0.25) is 10.0 Å². The van der Waals surface area contributed by atoms with Crippen molar-refractivity contribution in [3.8, 4) is 5.75 Å². The zero-order chi connectivity index (χ0) is 23.4. The number of carbonyl (C=O) groups is 2. The number of rotatable bonds is 6. The van der Waals surface area contributed by atoms with Gasteiger partial charge in [-0.2, -0.15) is 0 Å². The molecular weight excluding hydrogens is 481 g/mol. The van der Waals surface area contributed by atoms with Gasteiger partial charge in [-0.3, -0.25) is 9.59 Å². The number of benzene rings is 2. The topological polar surface area (TPSA) is 61.9 Å². The predicted octanol–water partition coefficient (Wildman–Crippen LogP) is 5.42. The van der Waals surface area contributed by atoms with Gasteiger partial charge in [0.15, 0.2) is 6.10 Å². The predicted molar refractivity (Wildman–Crippen MR) is 134 cm³/mol. The third-order valence-electron chi connectivity index (χ3n) is 5.37. The molecule has 0 saturated carbocycles. The SMILES string of the molecule is C[C@H](Oc1ccc(Cl)cc1Cl)C(=O)Nc1ccc(N2CCN(C(=O)c3cccs3)CC2)cc1. The van der Waals surface area contributed by atoms with E-state index in [9.17, 15) is 9.59 Å². The summed E-state index contributed by atoms with van der Waals surface area (Å²) >= 11 is 13.5.